The van der Waals surface area contributed by atoms with Crippen molar-refractivity contribution in [3.8, 4) is 0 Å². The zero-order valence-electron chi connectivity index (χ0n) is 9.14. The molecule has 0 aromatic rings. The van der Waals surface area contributed by atoms with Crippen LogP contribution in [0.3, 0.4) is 0 Å². The Labute approximate surface area is 80.8 Å². The fraction of sp³-hybridized carbons (Fsp3) is 0.900. The van der Waals surface area contributed by atoms with Crippen LogP contribution >= 0.6 is 0 Å². The zero-order chi connectivity index (χ0) is 10.3. The van der Waals surface area contributed by atoms with Gasteiger partial charge < -0.3 is 10.1 Å². The van der Waals surface area contributed by atoms with Crippen LogP contribution in [0.4, 0.5) is 0 Å². The summed E-state index contributed by atoms with van der Waals surface area (Å²) in [5, 5.41) is 2.75. The minimum atomic E-state index is -0.249. The van der Waals surface area contributed by atoms with Crippen molar-refractivity contribution in [3.05, 3.63) is 0 Å². The molecule has 0 aromatic heterocycles. The highest BCUT2D eigenvalue weighted by Crippen LogP contribution is 2.08. The molecule has 1 amide bonds. The van der Waals surface area contributed by atoms with Crippen molar-refractivity contribution in [2.75, 3.05) is 13.2 Å². The molecule has 0 bridgehead atoms. The van der Waals surface area contributed by atoms with E-state index in [1.807, 2.05) is 13.8 Å². The Kier molecular flexibility index (Phi) is 5.71. The van der Waals surface area contributed by atoms with E-state index < -0.39 is 0 Å². The average Bonchev–Trinajstić information content (AvgIpc) is 2.02. The van der Waals surface area contributed by atoms with Crippen molar-refractivity contribution < 1.29 is 9.53 Å². The number of rotatable bonds is 6. The van der Waals surface area contributed by atoms with E-state index in [4.69, 9.17) is 4.74 Å². The Morgan fingerprint density at radius 2 is 2.08 bits per heavy atom. The molecule has 1 N–H and O–H groups in total. The van der Waals surface area contributed by atoms with E-state index in [0.717, 1.165) is 19.4 Å². The third-order valence-electron chi connectivity index (χ3n) is 1.75. The number of hydrogen-bond acceptors (Lipinski definition) is 2. The van der Waals surface area contributed by atoms with Gasteiger partial charge in [0.2, 0.25) is 5.91 Å². The molecule has 0 spiro atoms. The van der Waals surface area contributed by atoms with Crippen LogP contribution in [-0.2, 0) is 9.53 Å². The molecular weight excluding hydrogens is 166 g/mol. The molecule has 0 fully saturated rings. The molecule has 0 rings (SSSR count). The summed E-state index contributed by atoms with van der Waals surface area (Å²) < 4.78 is 5.61. The molecular formula is C10H21NO2. The number of carbonyl (C=O) groups excluding carboxylic acids is 1. The van der Waals surface area contributed by atoms with Gasteiger partial charge in [0.25, 0.3) is 0 Å². The lowest BCUT2D eigenvalue weighted by atomic mass is 10.1. The number of carbonyl (C=O) groups is 1. The fourth-order valence-electron chi connectivity index (χ4n) is 0.881. The van der Waals surface area contributed by atoms with Crippen LogP contribution < -0.4 is 5.32 Å². The van der Waals surface area contributed by atoms with Gasteiger partial charge in [0.15, 0.2) is 0 Å². The van der Waals surface area contributed by atoms with Gasteiger partial charge in [0.05, 0.1) is 5.60 Å². The normalized spacial score (nSPS) is 11.4. The Morgan fingerprint density at radius 3 is 2.54 bits per heavy atom. The summed E-state index contributed by atoms with van der Waals surface area (Å²) in [4.78, 5) is 10.7. The maximum absolute atomic E-state index is 10.7. The molecule has 13 heavy (non-hydrogen) atoms. The highest BCUT2D eigenvalue weighted by atomic mass is 16.5. The van der Waals surface area contributed by atoms with E-state index in [-0.39, 0.29) is 11.5 Å². The summed E-state index contributed by atoms with van der Waals surface area (Å²) in [6.45, 7) is 8.96. The number of hydrogen-bond donors (Lipinski definition) is 1. The Morgan fingerprint density at radius 1 is 1.46 bits per heavy atom. The first kappa shape index (κ1) is 12.4. The van der Waals surface area contributed by atoms with Crippen LogP contribution in [-0.4, -0.2) is 24.7 Å². The Hall–Kier alpha value is -0.570. The van der Waals surface area contributed by atoms with Crippen molar-refractivity contribution in [2.24, 2.45) is 0 Å². The van der Waals surface area contributed by atoms with Crippen LogP contribution in [0.25, 0.3) is 0 Å². The lowest BCUT2D eigenvalue weighted by Crippen LogP contribution is -2.39. The maximum Gasteiger partial charge on any atom is 0.216 e. The van der Waals surface area contributed by atoms with Crippen molar-refractivity contribution in [1.82, 2.24) is 5.32 Å². The quantitative estimate of drug-likeness (QED) is 0.643. The molecule has 78 valence electrons. The van der Waals surface area contributed by atoms with Gasteiger partial charge in [-0.2, -0.15) is 0 Å². The highest BCUT2D eigenvalue weighted by molar-refractivity contribution is 5.72. The van der Waals surface area contributed by atoms with Crippen molar-refractivity contribution >= 4 is 5.91 Å². The zero-order valence-corrected chi connectivity index (χ0v) is 9.14. The predicted octanol–water partition coefficient (Wildman–Crippen LogP) is 1.72. The Bertz CT molecular complexity index is 155. The van der Waals surface area contributed by atoms with Crippen molar-refractivity contribution in [3.63, 3.8) is 0 Å². The van der Waals surface area contributed by atoms with Gasteiger partial charge in [-0.25, -0.2) is 0 Å². The SMILES string of the molecule is CCCCOC(C)(C)CNC(C)=O. The smallest absolute Gasteiger partial charge is 0.216 e. The minimum absolute atomic E-state index is 0.00725. The molecule has 0 aliphatic rings. The van der Waals surface area contributed by atoms with Crippen LogP contribution in [0, 0.1) is 0 Å². The molecule has 3 heteroatoms. The first-order valence-corrected chi connectivity index (χ1v) is 4.86. The van der Waals surface area contributed by atoms with Crippen LogP contribution in [0.5, 0.6) is 0 Å². The predicted molar refractivity (Wildman–Crippen MR) is 53.6 cm³/mol. The van der Waals surface area contributed by atoms with E-state index >= 15 is 0 Å². The summed E-state index contributed by atoms with van der Waals surface area (Å²) in [7, 11) is 0. The van der Waals surface area contributed by atoms with E-state index in [0.29, 0.717) is 6.54 Å². The lowest BCUT2D eigenvalue weighted by Gasteiger charge is -2.25. The van der Waals surface area contributed by atoms with Crippen LogP contribution in [0.1, 0.15) is 40.5 Å². The number of unbranched alkanes of at least 4 members (excludes halogenated alkanes) is 1. The molecule has 0 aromatic carbocycles. The molecule has 0 aliphatic carbocycles. The summed E-state index contributed by atoms with van der Waals surface area (Å²) >= 11 is 0. The molecule has 3 nitrogen and oxygen atoms in total. The molecule has 0 heterocycles. The van der Waals surface area contributed by atoms with Gasteiger partial charge >= 0.3 is 0 Å². The van der Waals surface area contributed by atoms with Crippen molar-refractivity contribution in [1.29, 1.82) is 0 Å². The van der Waals surface area contributed by atoms with Crippen LogP contribution in [0.2, 0.25) is 0 Å². The van der Waals surface area contributed by atoms with Crippen LogP contribution in [0.15, 0.2) is 0 Å². The third-order valence-corrected chi connectivity index (χ3v) is 1.75. The first-order valence-electron chi connectivity index (χ1n) is 4.86. The van der Waals surface area contributed by atoms with E-state index in [9.17, 15) is 4.79 Å². The highest BCUT2D eigenvalue weighted by Gasteiger charge is 2.17. The van der Waals surface area contributed by atoms with Gasteiger partial charge in [0.1, 0.15) is 0 Å². The third kappa shape index (κ3) is 7.78. The molecule has 0 aliphatic heterocycles. The van der Waals surface area contributed by atoms with Gasteiger partial charge in [-0.1, -0.05) is 13.3 Å². The van der Waals surface area contributed by atoms with E-state index in [2.05, 4.69) is 12.2 Å². The van der Waals surface area contributed by atoms with Gasteiger partial charge in [0, 0.05) is 20.1 Å². The van der Waals surface area contributed by atoms with E-state index in [1.165, 1.54) is 6.92 Å². The topological polar surface area (TPSA) is 38.3 Å². The summed E-state index contributed by atoms with van der Waals surface area (Å²) in [5.41, 5.74) is -0.249. The summed E-state index contributed by atoms with van der Waals surface area (Å²) in [5.74, 6) is -0.00725. The maximum atomic E-state index is 10.7. The summed E-state index contributed by atoms with van der Waals surface area (Å²) in [6.07, 6.45) is 2.21. The molecule has 0 unspecified atom stereocenters. The second-order valence-electron chi connectivity index (χ2n) is 3.87. The number of ether oxygens (including phenoxy) is 1. The number of amides is 1. The molecule has 0 atom stereocenters. The van der Waals surface area contributed by atoms with Gasteiger partial charge in [-0.05, 0) is 20.3 Å². The van der Waals surface area contributed by atoms with Gasteiger partial charge in [-0.15, -0.1) is 0 Å². The largest absolute Gasteiger partial charge is 0.374 e. The Balaban J connectivity index is 3.59. The summed E-state index contributed by atoms with van der Waals surface area (Å²) in [6, 6.07) is 0. The first-order chi connectivity index (χ1) is 5.98. The number of nitrogens with one attached hydrogen (secondary N) is 1. The van der Waals surface area contributed by atoms with Crippen molar-refractivity contribution in [2.45, 2.75) is 46.1 Å². The minimum Gasteiger partial charge on any atom is -0.374 e. The monoisotopic (exact) mass is 187 g/mol. The standard InChI is InChI=1S/C10H21NO2/c1-5-6-7-13-10(3,4)8-11-9(2)12/h5-8H2,1-4H3,(H,11,12). The van der Waals surface area contributed by atoms with E-state index in [1.54, 1.807) is 0 Å². The molecule has 0 saturated carbocycles. The average molecular weight is 187 g/mol. The second kappa shape index (κ2) is 5.97. The van der Waals surface area contributed by atoms with Gasteiger partial charge in [-0.3, -0.25) is 4.79 Å². The molecule has 0 radical (unpaired) electrons. The lowest BCUT2D eigenvalue weighted by molar-refractivity contribution is -0.120. The second-order valence-corrected chi connectivity index (χ2v) is 3.87. The fourth-order valence-corrected chi connectivity index (χ4v) is 0.881. The molecule has 0 saturated heterocycles.